The second kappa shape index (κ2) is 16.5. The lowest BCUT2D eigenvalue weighted by Gasteiger charge is -2.40. The highest BCUT2D eigenvalue weighted by molar-refractivity contribution is 14.1. The van der Waals surface area contributed by atoms with Gasteiger partial charge < -0.3 is 39.4 Å². The maximum Gasteiger partial charge on any atom is 0.247 e. The number of carbonyl (C=O) groups excluding carboxylic acids is 3. The lowest BCUT2D eigenvalue weighted by atomic mass is 9.87. The maximum atomic E-state index is 13.7. The van der Waals surface area contributed by atoms with Gasteiger partial charge in [-0.05, 0) is 84.8 Å². The van der Waals surface area contributed by atoms with E-state index < -0.39 is 24.2 Å². The van der Waals surface area contributed by atoms with Crippen LogP contribution in [0.25, 0.3) is 0 Å². The fraction of sp³-hybridized carbons (Fsp3) is 0.406. The van der Waals surface area contributed by atoms with Crippen molar-refractivity contribution in [3.8, 4) is 23.0 Å². The molecule has 0 aromatic heterocycles. The lowest BCUT2D eigenvalue weighted by molar-refractivity contribution is -0.133. The Morgan fingerprint density at radius 1 is 1.09 bits per heavy atom. The van der Waals surface area contributed by atoms with Crippen molar-refractivity contribution in [2.24, 2.45) is 0 Å². The predicted molar refractivity (Wildman–Crippen MR) is 172 cm³/mol. The molecular weight excluding hydrogens is 683 g/mol. The molecule has 0 bridgehead atoms. The minimum atomic E-state index is -1.25. The standard InChI is InChI=1S/C32H39IN2O9/c1-19(2)12-29(38)35(10-8-21-15-23(41-3)6-7-26(21)42-4)25-16-22(32(40)34-9-11-36)17-27(30(25)39)44-31-24(33)13-20(18-37)14-28(31)43-5/h6-7,12-15,17-18,25,27,30,36,39H,8-11,16H2,1-5H3,(H,34,40). The molecule has 0 aliphatic heterocycles. The number of rotatable bonds is 14. The van der Waals surface area contributed by atoms with E-state index in [2.05, 4.69) is 5.32 Å². The molecule has 3 atom stereocenters. The number of hydrogen-bond acceptors (Lipinski definition) is 9. The molecule has 0 fully saturated rings. The van der Waals surface area contributed by atoms with Crippen LogP contribution >= 0.6 is 22.6 Å². The lowest BCUT2D eigenvalue weighted by Crippen LogP contribution is -2.55. The van der Waals surface area contributed by atoms with Gasteiger partial charge in [-0.1, -0.05) is 5.57 Å². The molecule has 3 N–H and O–H groups in total. The Morgan fingerprint density at radius 3 is 2.43 bits per heavy atom. The summed E-state index contributed by atoms with van der Waals surface area (Å²) >= 11 is 2.01. The monoisotopic (exact) mass is 722 g/mol. The summed E-state index contributed by atoms with van der Waals surface area (Å²) in [7, 11) is 4.56. The molecule has 2 amide bonds. The van der Waals surface area contributed by atoms with E-state index in [0.29, 0.717) is 33.3 Å². The summed E-state index contributed by atoms with van der Waals surface area (Å²) in [4.78, 5) is 39.8. The molecule has 3 rings (SSSR count). The van der Waals surface area contributed by atoms with E-state index in [1.54, 1.807) is 46.3 Å². The Balaban J connectivity index is 2.06. The zero-order chi connectivity index (χ0) is 32.4. The molecule has 2 aromatic carbocycles. The summed E-state index contributed by atoms with van der Waals surface area (Å²) in [6.45, 7) is 3.56. The molecule has 44 heavy (non-hydrogen) atoms. The van der Waals surface area contributed by atoms with Gasteiger partial charge in [0, 0.05) is 36.7 Å². The summed E-state index contributed by atoms with van der Waals surface area (Å²) in [5, 5.41) is 23.7. The Morgan fingerprint density at radius 2 is 1.82 bits per heavy atom. The van der Waals surface area contributed by atoms with Gasteiger partial charge >= 0.3 is 0 Å². The third-order valence-electron chi connectivity index (χ3n) is 7.06. The number of aliphatic hydroxyl groups is 2. The van der Waals surface area contributed by atoms with Crippen molar-refractivity contribution in [1.29, 1.82) is 0 Å². The number of halogens is 1. The number of hydrogen-bond donors (Lipinski definition) is 3. The van der Waals surface area contributed by atoms with Crippen LogP contribution in [-0.2, 0) is 16.0 Å². The van der Waals surface area contributed by atoms with Crippen LogP contribution in [0.1, 0.15) is 36.2 Å². The van der Waals surface area contributed by atoms with Gasteiger partial charge in [0.2, 0.25) is 11.8 Å². The molecule has 11 nitrogen and oxygen atoms in total. The first-order valence-electron chi connectivity index (χ1n) is 14.0. The Kier molecular flexibility index (Phi) is 13.0. The predicted octanol–water partition coefficient (Wildman–Crippen LogP) is 3.08. The van der Waals surface area contributed by atoms with Crippen molar-refractivity contribution in [2.75, 3.05) is 41.0 Å². The van der Waals surface area contributed by atoms with E-state index in [1.165, 1.54) is 30.2 Å². The molecule has 0 saturated heterocycles. The summed E-state index contributed by atoms with van der Waals surface area (Å²) in [6.07, 6.45) is 1.78. The van der Waals surface area contributed by atoms with Crippen molar-refractivity contribution in [2.45, 2.75) is 44.9 Å². The average molecular weight is 723 g/mol. The van der Waals surface area contributed by atoms with Crippen LogP contribution in [0.5, 0.6) is 23.0 Å². The second-order valence-corrected chi connectivity index (χ2v) is 11.5. The van der Waals surface area contributed by atoms with Crippen LogP contribution in [0.15, 0.2) is 53.6 Å². The van der Waals surface area contributed by atoms with Gasteiger partial charge in [0.1, 0.15) is 30.0 Å². The molecule has 1 aliphatic rings. The maximum absolute atomic E-state index is 13.7. The first-order valence-corrected chi connectivity index (χ1v) is 15.1. The Bertz CT molecular complexity index is 1400. The molecule has 0 saturated carbocycles. The number of nitrogens with zero attached hydrogens (tertiary/aromatic N) is 1. The topological polar surface area (TPSA) is 144 Å². The van der Waals surface area contributed by atoms with Crippen molar-refractivity contribution >= 4 is 40.7 Å². The largest absolute Gasteiger partial charge is 0.497 e. The number of amides is 2. The Hall–Kier alpha value is -3.62. The third kappa shape index (κ3) is 8.73. The minimum absolute atomic E-state index is 0.0316. The number of nitrogens with one attached hydrogen (secondary N) is 1. The molecule has 0 spiro atoms. The normalized spacial score (nSPS) is 17.5. The van der Waals surface area contributed by atoms with E-state index in [-0.39, 0.29) is 49.1 Å². The van der Waals surface area contributed by atoms with E-state index in [0.717, 1.165) is 11.1 Å². The van der Waals surface area contributed by atoms with Crippen LogP contribution < -0.4 is 24.3 Å². The van der Waals surface area contributed by atoms with E-state index in [1.807, 2.05) is 28.7 Å². The van der Waals surface area contributed by atoms with E-state index in [4.69, 9.17) is 18.9 Å². The van der Waals surface area contributed by atoms with Crippen LogP contribution in [0.3, 0.4) is 0 Å². The van der Waals surface area contributed by atoms with Crippen LogP contribution in [0.2, 0.25) is 0 Å². The van der Waals surface area contributed by atoms with Gasteiger partial charge in [0.05, 0.1) is 37.5 Å². The summed E-state index contributed by atoms with van der Waals surface area (Å²) in [6, 6.07) is 7.66. The molecule has 2 aromatic rings. The van der Waals surface area contributed by atoms with E-state index >= 15 is 0 Å². The molecular formula is C32H39IN2O9. The van der Waals surface area contributed by atoms with Crippen LogP contribution in [0, 0.1) is 3.57 Å². The summed E-state index contributed by atoms with van der Waals surface area (Å²) < 4.78 is 23.2. The van der Waals surface area contributed by atoms with Crippen molar-refractivity contribution < 1.29 is 43.5 Å². The fourth-order valence-corrected chi connectivity index (χ4v) is 5.68. The number of ether oxygens (including phenoxy) is 4. The Labute approximate surface area is 271 Å². The highest BCUT2D eigenvalue weighted by Crippen LogP contribution is 2.37. The number of methoxy groups -OCH3 is 3. The summed E-state index contributed by atoms with van der Waals surface area (Å²) in [5.41, 5.74) is 2.23. The number of benzene rings is 2. The number of allylic oxidation sites excluding steroid dienone is 1. The quantitative estimate of drug-likeness (QED) is 0.152. The molecule has 12 heteroatoms. The van der Waals surface area contributed by atoms with Gasteiger partial charge in [-0.15, -0.1) is 0 Å². The molecule has 3 unspecified atom stereocenters. The average Bonchev–Trinajstić information content (AvgIpc) is 3.01. The van der Waals surface area contributed by atoms with Crippen LogP contribution in [0.4, 0.5) is 0 Å². The smallest absolute Gasteiger partial charge is 0.247 e. The molecule has 238 valence electrons. The second-order valence-electron chi connectivity index (χ2n) is 10.3. The molecule has 0 radical (unpaired) electrons. The van der Waals surface area contributed by atoms with E-state index in [9.17, 15) is 24.6 Å². The molecule has 1 aliphatic carbocycles. The third-order valence-corrected chi connectivity index (χ3v) is 7.86. The van der Waals surface area contributed by atoms with Crippen molar-refractivity contribution in [3.63, 3.8) is 0 Å². The van der Waals surface area contributed by atoms with Crippen molar-refractivity contribution in [3.05, 3.63) is 68.3 Å². The highest BCUT2D eigenvalue weighted by atomic mass is 127. The van der Waals surface area contributed by atoms with Crippen molar-refractivity contribution in [1.82, 2.24) is 10.2 Å². The first kappa shape index (κ1) is 34.9. The highest BCUT2D eigenvalue weighted by Gasteiger charge is 2.40. The van der Waals surface area contributed by atoms with Gasteiger partial charge in [-0.3, -0.25) is 14.4 Å². The SMILES string of the molecule is COc1ccc(OC)c(CCN(C(=O)C=C(C)C)C2CC(C(=O)NCCO)=CC(Oc3c(I)cc(C=O)cc3OC)C2O)c1. The fourth-order valence-electron chi connectivity index (χ4n) is 4.93. The van der Waals surface area contributed by atoms with Gasteiger partial charge in [-0.25, -0.2) is 0 Å². The van der Waals surface area contributed by atoms with Gasteiger partial charge in [-0.2, -0.15) is 0 Å². The van der Waals surface area contributed by atoms with Gasteiger partial charge in [0.15, 0.2) is 11.5 Å². The minimum Gasteiger partial charge on any atom is -0.497 e. The van der Waals surface area contributed by atoms with Gasteiger partial charge in [0.25, 0.3) is 0 Å². The van der Waals surface area contributed by atoms with Crippen LogP contribution in [-0.4, -0.2) is 92.5 Å². The zero-order valence-electron chi connectivity index (χ0n) is 25.5. The first-order chi connectivity index (χ1) is 21.1. The summed E-state index contributed by atoms with van der Waals surface area (Å²) in [5.74, 6) is 1.01. The molecule has 0 heterocycles. The number of aliphatic hydroxyl groups excluding tert-OH is 2. The zero-order valence-corrected chi connectivity index (χ0v) is 27.6. The number of carbonyl (C=O) groups is 3. The number of aldehydes is 1.